The second-order valence-electron chi connectivity index (χ2n) is 4.76. The summed E-state index contributed by atoms with van der Waals surface area (Å²) in [5, 5.41) is 7.21. The summed E-state index contributed by atoms with van der Waals surface area (Å²) < 4.78 is 8.23. The molecule has 0 saturated heterocycles. The van der Waals surface area contributed by atoms with E-state index in [1.165, 1.54) is 23.7 Å². The first-order valence-electron chi connectivity index (χ1n) is 8.57. The van der Waals surface area contributed by atoms with E-state index in [-0.39, 0.29) is 0 Å². The summed E-state index contributed by atoms with van der Waals surface area (Å²) in [5.74, 6) is 1.11. The molecule has 2 rings (SSSR count). The number of hydrogen-bond donors (Lipinski definition) is 3. The number of methoxy groups -OCH3 is 1. The molecule has 1 aliphatic rings. The van der Waals surface area contributed by atoms with Gasteiger partial charge in [-0.3, -0.25) is 0 Å². The van der Waals surface area contributed by atoms with Crippen LogP contribution in [0.15, 0.2) is 48.3 Å². The van der Waals surface area contributed by atoms with Crippen LogP contribution in [0.3, 0.4) is 0 Å². The average molecular weight is 395 g/mol. The summed E-state index contributed by atoms with van der Waals surface area (Å²) in [5.41, 5.74) is 4.18. The lowest BCUT2D eigenvalue weighted by Crippen LogP contribution is -1.93. The van der Waals surface area contributed by atoms with Crippen LogP contribution in [-0.4, -0.2) is 25.8 Å². The molecule has 1 aromatic rings. The number of allylic oxidation sites excluding steroid dienone is 4. The first kappa shape index (κ1) is 26.6. The van der Waals surface area contributed by atoms with Crippen molar-refractivity contribution in [3.8, 4) is 0 Å². The number of hydrogen-bond acceptors (Lipinski definition) is 5. The highest BCUT2D eigenvalue weighted by atomic mass is 32.2. The van der Waals surface area contributed by atoms with Gasteiger partial charge in [-0.25, -0.2) is 0 Å². The van der Waals surface area contributed by atoms with Crippen LogP contribution in [0, 0.1) is 5.41 Å². The predicted molar refractivity (Wildman–Crippen MR) is 126 cm³/mol. The molecule has 0 aliphatic heterocycles. The first-order chi connectivity index (χ1) is 12.7. The zero-order chi connectivity index (χ0) is 20.4. The molecule has 1 aliphatic carbocycles. The molecule has 0 radical (unpaired) electrons. The van der Waals surface area contributed by atoms with Crippen molar-refractivity contribution >= 4 is 42.6 Å². The standard InChI is InChI=1S/C10H12N2S.C8H12O.C2H6.CH4S/c1-3-9-8(7-11)5-4-6-10(9)12-13-2;1-7-4-3-5-8(6-7)9-2;2*1-2/h3-7,11-12H,1H2,2H3;4,6H,3,5H2,1-2H3;1-2H3;2H,1H3. The summed E-state index contributed by atoms with van der Waals surface area (Å²) in [6.07, 6.45) is 13.3. The minimum atomic E-state index is 0.883. The lowest BCUT2D eigenvalue weighted by atomic mass is 10.1. The maximum Gasteiger partial charge on any atom is 0.0961 e. The topological polar surface area (TPSA) is 45.1 Å². The summed E-state index contributed by atoms with van der Waals surface area (Å²) in [6.45, 7) is 9.83. The SMILES string of the molecule is C=Cc1c(C=N)cccc1NSC.CC.COC1=CC(C)=CCC1.CS. The molecule has 146 valence electrons. The van der Waals surface area contributed by atoms with Gasteiger partial charge in [0.15, 0.2) is 0 Å². The highest BCUT2D eigenvalue weighted by Gasteiger charge is 2.01. The van der Waals surface area contributed by atoms with Gasteiger partial charge in [-0.05, 0) is 31.7 Å². The molecule has 0 unspecified atom stereocenters. The van der Waals surface area contributed by atoms with Gasteiger partial charge in [-0.15, -0.1) is 0 Å². The van der Waals surface area contributed by atoms with Crippen LogP contribution in [0.2, 0.25) is 0 Å². The van der Waals surface area contributed by atoms with Crippen LogP contribution < -0.4 is 4.72 Å². The molecule has 0 bridgehead atoms. The molecule has 0 heterocycles. The van der Waals surface area contributed by atoms with Gasteiger partial charge in [0, 0.05) is 30.0 Å². The van der Waals surface area contributed by atoms with E-state index >= 15 is 0 Å². The Bertz CT molecular complexity index is 581. The van der Waals surface area contributed by atoms with Crippen LogP contribution in [0.1, 0.15) is 44.7 Å². The van der Waals surface area contributed by atoms with Crippen molar-refractivity contribution in [2.45, 2.75) is 33.6 Å². The van der Waals surface area contributed by atoms with Gasteiger partial charge in [-0.2, -0.15) is 12.6 Å². The second-order valence-corrected chi connectivity index (χ2v) is 5.38. The number of ether oxygens (including phenoxy) is 1. The summed E-state index contributed by atoms with van der Waals surface area (Å²) in [4.78, 5) is 0. The first-order valence-corrected chi connectivity index (χ1v) is 10.7. The second kappa shape index (κ2) is 18.2. The fourth-order valence-electron chi connectivity index (χ4n) is 2.12. The zero-order valence-electron chi connectivity index (χ0n) is 16.9. The van der Waals surface area contributed by atoms with Gasteiger partial charge in [0.05, 0.1) is 18.6 Å². The maximum absolute atomic E-state index is 7.21. The Balaban J connectivity index is 0. The summed E-state index contributed by atoms with van der Waals surface area (Å²) in [7, 11) is 1.73. The molecule has 0 fully saturated rings. The number of anilines is 1. The largest absolute Gasteiger partial charge is 0.501 e. The summed E-state index contributed by atoms with van der Waals surface area (Å²) in [6, 6.07) is 5.79. The third-order valence-electron chi connectivity index (χ3n) is 3.22. The third-order valence-corrected chi connectivity index (χ3v) is 3.64. The third kappa shape index (κ3) is 10.4. The Hall–Kier alpha value is -1.59. The van der Waals surface area contributed by atoms with Crippen LogP contribution in [0.5, 0.6) is 0 Å². The van der Waals surface area contributed by atoms with Gasteiger partial charge >= 0.3 is 0 Å². The van der Waals surface area contributed by atoms with Crippen molar-refractivity contribution in [1.82, 2.24) is 0 Å². The van der Waals surface area contributed by atoms with Gasteiger partial charge in [0.1, 0.15) is 0 Å². The van der Waals surface area contributed by atoms with Crippen LogP contribution in [-0.2, 0) is 4.74 Å². The Kier molecular flexibility index (Phi) is 18.7. The minimum absolute atomic E-state index is 0.883. The summed E-state index contributed by atoms with van der Waals surface area (Å²) >= 11 is 5.06. The Morgan fingerprint density at radius 1 is 1.31 bits per heavy atom. The lowest BCUT2D eigenvalue weighted by Gasteiger charge is -2.08. The average Bonchev–Trinajstić information content (AvgIpc) is 2.71. The van der Waals surface area contributed by atoms with Gasteiger partial charge in [-0.1, -0.05) is 62.2 Å². The normalized spacial score (nSPS) is 11.5. The quantitative estimate of drug-likeness (QED) is 0.291. The Morgan fingerprint density at radius 2 is 1.96 bits per heavy atom. The molecule has 26 heavy (non-hydrogen) atoms. The van der Waals surface area contributed by atoms with E-state index in [1.807, 2.05) is 38.3 Å². The molecule has 0 aromatic heterocycles. The predicted octanol–water partition coefficient (Wildman–Crippen LogP) is 6.85. The van der Waals surface area contributed by atoms with Crippen molar-refractivity contribution in [3.63, 3.8) is 0 Å². The van der Waals surface area contributed by atoms with Gasteiger partial charge in [0.25, 0.3) is 0 Å². The Labute approximate surface area is 170 Å². The van der Waals surface area contributed by atoms with E-state index in [2.05, 4.69) is 43.0 Å². The maximum atomic E-state index is 7.21. The van der Waals surface area contributed by atoms with Crippen molar-refractivity contribution in [2.24, 2.45) is 0 Å². The van der Waals surface area contributed by atoms with Crippen molar-refractivity contribution < 1.29 is 4.74 Å². The van der Waals surface area contributed by atoms with E-state index in [0.29, 0.717) is 0 Å². The number of nitrogens with one attached hydrogen (secondary N) is 2. The smallest absolute Gasteiger partial charge is 0.0961 e. The molecule has 0 saturated carbocycles. The molecule has 0 atom stereocenters. The fourth-order valence-corrected chi connectivity index (χ4v) is 2.52. The molecule has 0 amide bonds. The molecule has 3 nitrogen and oxygen atoms in total. The highest BCUT2D eigenvalue weighted by Crippen LogP contribution is 2.22. The van der Waals surface area contributed by atoms with E-state index in [9.17, 15) is 0 Å². The number of rotatable bonds is 5. The van der Waals surface area contributed by atoms with Gasteiger partial charge in [0.2, 0.25) is 0 Å². The van der Waals surface area contributed by atoms with Crippen molar-refractivity contribution in [1.29, 1.82) is 5.41 Å². The van der Waals surface area contributed by atoms with E-state index in [1.54, 1.807) is 19.4 Å². The fraction of sp³-hybridized carbons (Fsp3) is 0.381. The van der Waals surface area contributed by atoms with Gasteiger partial charge < -0.3 is 14.9 Å². The molecule has 2 N–H and O–H groups in total. The molecule has 0 spiro atoms. The van der Waals surface area contributed by atoms with Crippen LogP contribution in [0.4, 0.5) is 5.69 Å². The number of thiol groups is 1. The molecule has 5 heteroatoms. The highest BCUT2D eigenvalue weighted by molar-refractivity contribution is 7.99. The van der Waals surface area contributed by atoms with E-state index in [4.69, 9.17) is 10.1 Å². The number of benzene rings is 1. The minimum Gasteiger partial charge on any atom is -0.501 e. The van der Waals surface area contributed by atoms with E-state index < -0.39 is 0 Å². The lowest BCUT2D eigenvalue weighted by molar-refractivity contribution is 0.276. The van der Waals surface area contributed by atoms with Crippen LogP contribution in [0.25, 0.3) is 6.08 Å². The Morgan fingerprint density at radius 3 is 2.38 bits per heavy atom. The van der Waals surface area contributed by atoms with Crippen LogP contribution >= 0.6 is 24.6 Å². The van der Waals surface area contributed by atoms with Crippen molar-refractivity contribution in [2.75, 3.05) is 24.3 Å². The monoisotopic (exact) mass is 394 g/mol. The molecular formula is C21H34N2OS2. The van der Waals surface area contributed by atoms with Crippen molar-refractivity contribution in [3.05, 3.63) is 59.4 Å². The van der Waals surface area contributed by atoms with E-state index in [0.717, 1.165) is 35.4 Å². The molecular weight excluding hydrogens is 360 g/mol. The zero-order valence-corrected chi connectivity index (χ0v) is 18.6. The molecule has 1 aromatic carbocycles.